The van der Waals surface area contributed by atoms with Gasteiger partial charge in [0, 0.05) is 6.42 Å². The SMILES string of the molecule is CC(C)(CC(N)=O)n1c(=S)[nH]c2ccc(F)c(F)c21. The van der Waals surface area contributed by atoms with Crippen LogP contribution in [0.1, 0.15) is 20.3 Å². The van der Waals surface area contributed by atoms with E-state index >= 15 is 0 Å². The van der Waals surface area contributed by atoms with E-state index < -0.39 is 23.1 Å². The van der Waals surface area contributed by atoms with Gasteiger partial charge >= 0.3 is 0 Å². The molecule has 0 unspecified atom stereocenters. The van der Waals surface area contributed by atoms with Crippen LogP contribution in [0.15, 0.2) is 12.1 Å². The molecule has 1 amide bonds. The Labute approximate surface area is 113 Å². The normalized spacial score (nSPS) is 12.0. The van der Waals surface area contributed by atoms with Gasteiger partial charge in [-0.05, 0) is 38.2 Å². The second kappa shape index (κ2) is 4.41. The van der Waals surface area contributed by atoms with Gasteiger partial charge in [0.15, 0.2) is 16.4 Å². The standard InChI is InChI=1S/C12H13F2N3OS/c1-12(2,5-8(15)18)17-10-7(16-11(17)19)4-3-6(13)9(10)14/h3-4H,5H2,1-2H3,(H2,15,18)(H,16,19). The summed E-state index contributed by atoms with van der Waals surface area (Å²) in [6.45, 7) is 3.37. The number of nitrogens with zero attached hydrogens (tertiary/aromatic N) is 1. The van der Waals surface area contributed by atoms with E-state index in [0.717, 1.165) is 6.07 Å². The third-order valence-electron chi connectivity index (χ3n) is 2.95. The molecule has 0 radical (unpaired) electrons. The number of hydrogen-bond acceptors (Lipinski definition) is 2. The van der Waals surface area contributed by atoms with Gasteiger partial charge in [0.2, 0.25) is 5.91 Å². The van der Waals surface area contributed by atoms with Crippen molar-refractivity contribution in [1.82, 2.24) is 9.55 Å². The molecule has 1 aromatic heterocycles. The third kappa shape index (κ3) is 2.25. The summed E-state index contributed by atoms with van der Waals surface area (Å²) in [5.74, 6) is -2.51. The first-order valence-electron chi connectivity index (χ1n) is 5.61. The van der Waals surface area contributed by atoms with Gasteiger partial charge in [0.25, 0.3) is 0 Å². The van der Waals surface area contributed by atoms with Gasteiger partial charge in [-0.15, -0.1) is 0 Å². The minimum absolute atomic E-state index is 0.0104. The number of primary amides is 1. The molecule has 0 spiro atoms. The number of H-pyrrole nitrogens is 1. The smallest absolute Gasteiger partial charge is 0.219 e. The van der Waals surface area contributed by atoms with Crippen LogP contribution in [0.2, 0.25) is 0 Å². The highest BCUT2D eigenvalue weighted by molar-refractivity contribution is 7.71. The second-order valence-corrected chi connectivity index (χ2v) is 5.37. The summed E-state index contributed by atoms with van der Waals surface area (Å²) < 4.78 is 28.9. The highest BCUT2D eigenvalue weighted by atomic mass is 32.1. The van der Waals surface area contributed by atoms with E-state index in [9.17, 15) is 13.6 Å². The van der Waals surface area contributed by atoms with Crippen LogP contribution in [0.3, 0.4) is 0 Å². The molecule has 0 saturated heterocycles. The van der Waals surface area contributed by atoms with Gasteiger partial charge < -0.3 is 15.3 Å². The lowest BCUT2D eigenvalue weighted by molar-refractivity contribution is -0.119. The van der Waals surface area contributed by atoms with Gasteiger partial charge in [-0.3, -0.25) is 4.79 Å². The number of imidazole rings is 1. The number of carbonyl (C=O) groups is 1. The van der Waals surface area contributed by atoms with Crippen LogP contribution < -0.4 is 5.73 Å². The first-order valence-corrected chi connectivity index (χ1v) is 6.02. The molecule has 3 N–H and O–H groups in total. The fourth-order valence-corrected chi connectivity index (χ4v) is 2.66. The average molecular weight is 285 g/mol. The Kier molecular flexibility index (Phi) is 3.17. The largest absolute Gasteiger partial charge is 0.370 e. The number of aromatic amines is 1. The number of halogens is 2. The van der Waals surface area contributed by atoms with E-state index in [2.05, 4.69) is 4.98 Å². The Hall–Kier alpha value is -1.76. The molecule has 0 aliphatic carbocycles. The summed E-state index contributed by atoms with van der Waals surface area (Å²) >= 11 is 5.12. The number of nitrogens with two attached hydrogens (primary N) is 1. The highest BCUT2D eigenvalue weighted by Crippen LogP contribution is 2.29. The van der Waals surface area contributed by atoms with Crippen LogP contribution >= 0.6 is 12.2 Å². The second-order valence-electron chi connectivity index (χ2n) is 4.98. The predicted molar refractivity (Wildman–Crippen MR) is 70.2 cm³/mol. The minimum atomic E-state index is -0.998. The van der Waals surface area contributed by atoms with Gasteiger partial charge in [-0.25, -0.2) is 8.78 Å². The number of carbonyl (C=O) groups excluding carboxylic acids is 1. The average Bonchev–Trinajstić information content (AvgIpc) is 2.60. The molecule has 7 heteroatoms. The lowest BCUT2D eigenvalue weighted by atomic mass is 9.99. The summed E-state index contributed by atoms with van der Waals surface area (Å²) in [5.41, 5.74) is 4.72. The minimum Gasteiger partial charge on any atom is -0.370 e. The number of hydrogen-bond donors (Lipinski definition) is 2. The lowest BCUT2D eigenvalue weighted by Crippen LogP contribution is -2.32. The summed E-state index contributed by atoms with van der Waals surface area (Å²) in [6.07, 6.45) is -0.0375. The van der Waals surface area contributed by atoms with E-state index in [4.69, 9.17) is 18.0 Å². The first-order chi connectivity index (χ1) is 8.74. The zero-order valence-electron chi connectivity index (χ0n) is 10.5. The van der Waals surface area contributed by atoms with Crippen molar-refractivity contribution in [2.24, 2.45) is 5.73 Å². The fraction of sp³-hybridized carbons (Fsp3) is 0.333. The molecule has 1 heterocycles. The maximum atomic E-state index is 14.0. The topological polar surface area (TPSA) is 63.8 Å². The quantitative estimate of drug-likeness (QED) is 0.851. The maximum absolute atomic E-state index is 14.0. The van der Waals surface area contributed by atoms with Crippen molar-refractivity contribution in [2.45, 2.75) is 25.8 Å². The molecule has 102 valence electrons. The molecule has 2 rings (SSSR count). The number of nitrogens with one attached hydrogen (secondary N) is 1. The van der Waals surface area contributed by atoms with Crippen molar-refractivity contribution < 1.29 is 13.6 Å². The van der Waals surface area contributed by atoms with Crippen molar-refractivity contribution in [1.29, 1.82) is 0 Å². The monoisotopic (exact) mass is 285 g/mol. The van der Waals surface area contributed by atoms with Gasteiger partial charge in [-0.1, -0.05) is 0 Å². The van der Waals surface area contributed by atoms with Gasteiger partial charge in [0.05, 0.1) is 11.1 Å². The fourth-order valence-electron chi connectivity index (χ4n) is 2.22. The van der Waals surface area contributed by atoms with Crippen LogP contribution in [0, 0.1) is 16.4 Å². The Bertz CT molecular complexity index is 718. The first kappa shape index (κ1) is 13.7. The van der Waals surface area contributed by atoms with Crippen LogP contribution in [0.5, 0.6) is 0 Å². The van der Waals surface area contributed by atoms with Crippen molar-refractivity contribution in [3.8, 4) is 0 Å². The van der Waals surface area contributed by atoms with Crippen molar-refractivity contribution in [3.63, 3.8) is 0 Å². The maximum Gasteiger partial charge on any atom is 0.219 e. The van der Waals surface area contributed by atoms with Gasteiger partial charge in [-0.2, -0.15) is 0 Å². The Morgan fingerprint density at radius 3 is 2.68 bits per heavy atom. The van der Waals surface area contributed by atoms with E-state index in [0.29, 0.717) is 5.52 Å². The summed E-state index contributed by atoms with van der Waals surface area (Å²) in [7, 11) is 0. The third-order valence-corrected chi connectivity index (χ3v) is 3.23. The molecule has 4 nitrogen and oxygen atoms in total. The molecular formula is C12H13F2N3OS. The van der Waals surface area contributed by atoms with E-state index in [-0.39, 0.29) is 16.7 Å². The number of benzene rings is 1. The van der Waals surface area contributed by atoms with Gasteiger partial charge in [0.1, 0.15) is 5.52 Å². The molecule has 2 aromatic rings. The number of fused-ring (bicyclic) bond motifs is 1. The van der Waals surface area contributed by atoms with Crippen molar-refractivity contribution in [3.05, 3.63) is 28.5 Å². The van der Waals surface area contributed by atoms with Crippen molar-refractivity contribution in [2.75, 3.05) is 0 Å². The van der Waals surface area contributed by atoms with E-state index in [1.165, 1.54) is 10.6 Å². The number of amides is 1. The van der Waals surface area contributed by atoms with E-state index in [1.54, 1.807) is 13.8 Å². The predicted octanol–water partition coefficient (Wildman–Crippen LogP) is 2.59. The Morgan fingerprint density at radius 1 is 1.47 bits per heavy atom. The molecule has 0 saturated carbocycles. The Balaban J connectivity index is 2.80. The molecular weight excluding hydrogens is 272 g/mol. The molecule has 0 aliphatic heterocycles. The molecule has 0 bridgehead atoms. The molecule has 0 atom stereocenters. The lowest BCUT2D eigenvalue weighted by Gasteiger charge is -2.26. The zero-order chi connectivity index (χ0) is 14.4. The molecule has 19 heavy (non-hydrogen) atoms. The molecule has 0 fully saturated rings. The molecule has 0 aliphatic rings. The van der Waals surface area contributed by atoms with Crippen LogP contribution in [0.4, 0.5) is 8.78 Å². The van der Waals surface area contributed by atoms with Crippen LogP contribution in [-0.2, 0) is 10.3 Å². The number of aromatic nitrogens is 2. The Morgan fingerprint density at radius 2 is 2.11 bits per heavy atom. The summed E-state index contributed by atoms with van der Waals surface area (Å²) in [4.78, 5) is 13.9. The summed E-state index contributed by atoms with van der Waals surface area (Å²) in [6, 6.07) is 2.43. The zero-order valence-corrected chi connectivity index (χ0v) is 11.3. The highest BCUT2D eigenvalue weighted by Gasteiger charge is 2.27. The van der Waals surface area contributed by atoms with Crippen LogP contribution in [0.25, 0.3) is 11.0 Å². The van der Waals surface area contributed by atoms with Crippen LogP contribution in [-0.4, -0.2) is 15.5 Å². The van der Waals surface area contributed by atoms with Crippen molar-refractivity contribution >= 4 is 29.2 Å². The molecule has 1 aromatic carbocycles. The van der Waals surface area contributed by atoms with E-state index in [1.807, 2.05) is 0 Å². The summed E-state index contributed by atoms with van der Waals surface area (Å²) in [5, 5.41) is 0. The number of rotatable bonds is 3.